The van der Waals surface area contributed by atoms with Crippen LogP contribution in [0.15, 0.2) is 80.2 Å². The quantitative estimate of drug-likeness (QED) is 0.202. The smallest absolute Gasteiger partial charge is 0.339 e. The molecule has 0 bridgehead atoms. The van der Waals surface area contributed by atoms with Crippen LogP contribution in [0.25, 0.3) is 21.4 Å². The number of hydrogen-bond acceptors (Lipinski definition) is 8. The third-order valence-corrected chi connectivity index (χ3v) is 6.17. The lowest BCUT2D eigenvalue weighted by molar-refractivity contribution is -0.384. The van der Waals surface area contributed by atoms with Gasteiger partial charge in [0.15, 0.2) is 5.75 Å². The normalized spacial score (nSPS) is 11.4. The van der Waals surface area contributed by atoms with Gasteiger partial charge in [0, 0.05) is 34.0 Å². The lowest BCUT2D eigenvalue weighted by atomic mass is 10.1. The van der Waals surface area contributed by atoms with Crippen LogP contribution >= 0.6 is 11.3 Å². The van der Waals surface area contributed by atoms with Crippen molar-refractivity contribution < 1.29 is 21.9 Å². The van der Waals surface area contributed by atoms with Crippen LogP contribution in [0.4, 0.5) is 5.69 Å². The van der Waals surface area contributed by atoms with Crippen molar-refractivity contribution in [2.45, 2.75) is 4.90 Å². The number of nitro benzene ring substituents is 1. The molecule has 0 atom stereocenters. The van der Waals surface area contributed by atoms with Gasteiger partial charge >= 0.3 is 15.7 Å². The Hall–Kier alpha value is -3.50. The summed E-state index contributed by atoms with van der Waals surface area (Å²) >= 11 is 1.30. The van der Waals surface area contributed by atoms with Crippen molar-refractivity contribution in [3.63, 3.8) is 0 Å². The highest BCUT2D eigenvalue weighted by atomic mass is 32.2. The van der Waals surface area contributed by atoms with E-state index in [1.54, 1.807) is 17.5 Å². The van der Waals surface area contributed by atoms with Crippen molar-refractivity contribution >= 4 is 38.1 Å². The summed E-state index contributed by atoms with van der Waals surface area (Å²) in [4.78, 5) is 22.3. The Bertz CT molecular complexity index is 1390. The minimum absolute atomic E-state index is 0.0299. The van der Waals surface area contributed by atoms with Gasteiger partial charge in [-0.15, -0.1) is 11.3 Å². The Labute approximate surface area is 167 Å². The summed E-state index contributed by atoms with van der Waals surface area (Å²) in [6.07, 6.45) is 0. The third kappa shape index (κ3) is 3.75. The highest BCUT2D eigenvalue weighted by Crippen LogP contribution is 2.37. The predicted molar refractivity (Wildman–Crippen MR) is 107 cm³/mol. The number of benzene rings is 2. The standard InChI is InChI=1S/C19H11NO7S2/c21-19-8-3-12-10-14(5-7-16(12)26-19)29(24,25)27-17-6-4-13(20(22)23)11-15(17)18-2-1-9-28-18/h1-11H. The fraction of sp³-hybridized carbons (Fsp3) is 0. The molecule has 0 saturated heterocycles. The predicted octanol–water partition coefficient (Wildman–Crippen LogP) is 4.20. The van der Waals surface area contributed by atoms with Crippen LogP contribution in [0.5, 0.6) is 5.75 Å². The van der Waals surface area contributed by atoms with E-state index < -0.39 is 20.7 Å². The van der Waals surface area contributed by atoms with Crippen LogP contribution in [-0.2, 0) is 10.1 Å². The van der Waals surface area contributed by atoms with E-state index in [9.17, 15) is 23.3 Å². The maximum atomic E-state index is 12.8. The van der Waals surface area contributed by atoms with Gasteiger partial charge in [-0.05, 0) is 41.8 Å². The Morgan fingerprint density at radius 3 is 2.59 bits per heavy atom. The molecule has 10 heteroatoms. The molecule has 29 heavy (non-hydrogen) atoms. The van der Waals surface area contributed by atoms with Gasteiger partial charge in [0.05, 0.1) is 4.92 Å². The molecule has 0 fully saturated rings. The monoisotopic (exact) mass is 429 g/mol. The van der Waals surface area contributed by atoms with Crippen molar-refractivity contribution in [3.8, 4) is 16.2 Å². The highest BCUT2D eigenvalue weighted by molar-refractivity contribution is 7.87. The largest absolute Gasteiger partial charge is 0.423 e. The van der Waals surface area contributed by atoms with Crippen LogP contribution in [0.2, 0.25) is 0 Å². The molecule has 2 heterocycles. The first-order valence-corrected chi connectivity index (χ1v) is 10.4. The molecule has 0 unspecified atom stereocenters. The number of nitrogens with zero attached hydrogens (tertiary/aromatic N) is 1. The number of nitro groups is 1. The summed E-state index contributed by atoms with van der Waals surface area (Å²) in [5, 5.41) is 13.3. The Kier molecular flexibility index (Phi) is 4.65. The van der Waals surface area contributed by atoms with E-state index in [4.69, 9.17) is 8.60 Å². The molecular formula is C19H11NO7S2. The second-order valence-corrected chi connectivity index (χ2v) is 8.40. The fourth-order valence-electron chi connectivity index (χ4n) is 2.70. The van der Waals surface area contributed by atoms with E-state index in [1.807, 2.05) is 0 Å². The van der Waals surface area contributed by atoms with Crippen LogP contribution in [0.1, 0.15) is 0 Å². The van der Waals surface area contributed by atoms with Gasteiger partial charge in [-0.3, -0.25) is 10.1 Å². The molecular weight excluding hydrogens is 418 g/mol. The molecule has 0 aliphatic carbocycles. The lowest BCUT2D eigenvalue weighted by Gasteiger charge is -2.11. The molecule has 4 rings (SSSR count). The van der Waals surface area contributed by atoms with Gasteiger partial charge in [0.1, 0.15) is 10.5 Å². The molecule has 0 aliphatic heterocycles. The zero-order valence-electron chi connectivity index (χ0n) is 14.5. The van der Waals surface area contributed by atoms with Gasteiger partial charge < -0.3 is 8.60 Å². The molecule has 2 aromatic carbocycles. The Morgan fingerprint density at radius 1 is 1.03 bits per heavy atom. The first-order chi connectivity index (χ1) is 13.8. The SMILES string of the molecule is O=c1ccc2cc(S(=O)(=O)Oc3ccc([N+](=O)[O-])cc3-c3cccs3)ccc2o1. The third-order valence-electron chi connectivity index (χ3n) is 4.04. The average molecular weight is 429 g/mol. The second kappa shape index (κ2) is 7.15. The minimum Gasteiger partial charge on any atom is -0.423 e. The van der Waals surface area contributed by atoms with Gasteiger partial charge in [-0.1, -0.05) is 6.07 Å². The van der Waals surface area contributed by atoms with Crippen molar-refractivity contribution in [2.24, 2.45) is 0 Å². The van der Waals surface area contributed by atoms with E-state index in [-0.39, 0.29) is 21.9 Å². The summed E-state index contributed by atoms with van der Waals surface area (Å²) in [5.41, 5.74) is -0.190. The molecule has 0 radical (unpaired) electrons. The lowest BCUT2D eigenvalue weighted by Crippen LogP contribution is -2.10. The Balaban J connectivity index is 1.77. The summed E-state index contributed by atoms with van der Waals surface area (Å²) < 4.78 is 35.9. The van der Waals surface area contributed by atoms with Crippen molar-refractivity contribution in [1.29, 1.82) is 0 Å². The highest BCUT2D eigenvalue weighted by Gasteiger charge is 2.22. The van der Waals surface area contributed by atoms with E-state index in [1.165, 1.54) is 59.9 Å². The maximum absolute atomic E-state index is 12.8. The average Bonchev–Trinajstić information content (AvgIpc) is 3.22. The summed E-state index contributed by atoms with van der Waals surface area (Å²) in [7, 11) is -4.25. The molecule has 0 amide bonds. The van der Waals surface area contributed by atoms with Gasteiger partial charge in [-0.2, -0.15) is 8.42 Å². The number of thiophene rings is 1. The minimum atomic E-state index is -4.25. The summed E-state index contributed by atoms with van der Waals surface area (Å²) in [6, 6.07) is 13.7. The topological polar surface area (TPSA) is 117 Å². The second-order valence-electron chi connectivity index (χ2n) is 5.91. The molecule has 0 aliphatic rings. The fourth-order valence-corrected chi connectivity index (χ4v) is 4.43. The van der Waals surface area contributed by atoms with Crippen molar-refractivity contribution in [2.75, 3.05) is 0 Å². The summed E-state index contributed by atoms with van der Waals surface area (Å²) in [5.74, 6) is -0.0299. The van der Waals surface area contributed by atoms with Crippen LogP contribution < -0.4 is 9.81 Å². The molecule has 0 saturated carbocycles. The van der Waals surface area contributed by atoms with Gasteiger partial charge in [0.25, 0.3) is 5.69 Å². The van der Waals surface area contributed by atoms with Crippen LogP contribution in [-0.4, -0.2) is 13.3 Å². The van der Waals surface area contributed by atoms with Crippen molar-refractivity contribution in [3.05, 3.63) is 86.6 Å². The molecule has 146 valence electrons. The zero-order chi connectivity index (χ0) is 20.6. The number of non-ortho nitro benzene ring substituents is 1. The summed E-state index contributed by atoms with van der Waals surface area (Å²) in [6.45, 7) is 0. The van der Waals surface area contributed by atoms with Crippen LogP contribution in [0.3, 0.4) is 0 Å². The van der Waals surface area contributed by atoms with Gasteiger partial charge in [0.2, 0.25) is 0 Å². The zero-order valence-corrected chi connectivity index (χ0v) is 16.1. The Morgan fingerprint density at radius 2 is 1.86 bits per heavy atom. The van der Waals surface area contributed by atoms with Crippen molar-refractivity contribution in [1.82, 2.24) is 0 Å². The molecule has 0 spiro atoms. The van der Waals surface area contributed by atoms with E-state index in [0.717, 1.165) is 0 Å². The van der Waals surface area contributed by atoms with Gasteiger partial charge in [-0.25, -0.2) is 4.79 Å². The van der Waals surface area contributed by atoms with Crippen LogP contribution in [0, 0.1) is 10.1 Å². The molecule has 0 N–H and O–H groups in total. The number of hydrogen-bond donors (Lipinski definition) is 0. The first-order valence-electron chi connectivity index (χ1n) is 8.14. The van der Waals surface area contributed by atoms with E-state index in [2.05, 4.69) is 0 Å². The molecule has 2 aromatic heterocycles. The molecule has 4 aromatic rings. The number of fused-ring (bicyclic) bond motifs is 1. The number of rotatable bonds is 5. The molecule has 8 nitrogen and oxygen atoms in total. The van der Waals surface area contributed by atoms with E-state index >= 15 is 0 Å². The first kappa shape index (κ1) is 18.8. The maximum Gasteiger partial charge on any atom is 0.339 e. The van der Waals surface area contributed by atoms with E-state index in [0.29, 0.717) is 15.8 Å².